The monoisotopic (exact) mass is 488 g/mol. The maximum Gasteiger partial charge on any atom is 0.229 e. The van der Waals surface area contributed by atoms with E-state index < -0.39 is 0 Å². The normalized spacial score (nSPS) is 17.9. The highest BCUT2D eigenvalue weighted by Crippen LogP contribution is 2.27. The van der Waals surface area contributed by atoms with Crippen molar-refractivity contribution in [2.24, 2.45) is 0 Å². The van der Waals surface area contributed by atoms with Gasteiger partial charge in [-0.05, 0) is 45.1 Å². The Labute approximate surface area is 207 Å². The number of hydrogen-bond acceptors (Lipinski definition) is 7. The Morgan fingerprint density at radius 3 is 2.74 bits per heavy atom. The molecule has 34 heavy (non-hydrogen) atoms. The molecule has 0 aromatic carbocycles. The molecule has 10 heteroatoms. The summed E-state index contributed by atoms with van der Waals surface area (Å²) in [5, 5.41) is 12.0. The van der Waals surface area contributed by atoms with Crippen LogP contribution in [0.5, 0.6) is 0 Å². The van der Waals surface area contributed by atoms with Crippen LogP contribution in [0.4, 0.5) is 17.5 Å². The first kappa shape index (κ1) is 24.7. The van der Waals surface area contributed by atoms with Crippen LogP contribution < -0.4 is 10.6 Å². The Morgan fingerprint density at radius 1 is 1.18 bits per heavy atom. The predicted octanol–water partition coefficient (Wildman–Crippen LogP) is 4.10. The van der Waals surface area contributed by atoms with Gasteiger partial charge in [0.2, 0.25) is 11.9 Å². The fraction of sp³-hybridized carbons (Fsp3) is 0.667. The van der Waals surface area contributed by atoms with Crippen LogP contribution in [0.1, 0.15) is 64.1 Å². The van der Waals surface area contributed by atoms with Gasteiger partial charge < -0.3 is 20.4 Å². The first-order chi connectivity index (χ1) is 16.6. The number of piperidine rings is 2. The van der Waals surface area contributed by atoms with Crippen LogP contribution in [0, 0.1) is 0 Å². The number of likely N-dealkylation sites (tertiary alicyclic amines) is 2. The number of nitrogens with zero attached hydrogens (tertiary/aromatic N) is 6. The molecule has 1 amide bonds. The summed E-state index contributed by atoms with van der Waals surface area (Å²) < 4.78 is 2.12. The molecule has 2 saturated heterocycles. The molecule has 0 radical (unpaired) electrons. The standard InChI is InChI=1S/C24H37ClN8O/c1-3-20-21(17-33(30-20)18-9-14-31(4-2)15-10-18)28-24-27-16-19(25)23(29-24)26-11-7-13-32-12-6-5-8-22(32)34/h16-18H,3-15H2,1-2H3,(H2,26,27,28,29). The first-order valence-electron chi connectivity index (χ1n) is 12.7. The molecule has 2 aliphatic rings. The molecule has 0 bridgehead atoms. The van der Waals surface area contributed by atoms with Crippen LogP contribution in [0.3, 0.4) is 0 Å². The minimum atomic E-state index is 0.265. The van der Waals surface area contributed by atoms with Gasteiger partial charge >= 0.3 is 0 Å². The number of aromatic nitrogens is 4. The summed E-state index contributed by atoms with van der Waals surface area (Å²) in [5.41, 5.74) is 1.95. The van der Waals surface area contributed by atoms with Gasteiger partial charge in [-0.1, -0.05) is 25.4 Å². The fourth-order valence-electron chi connectivity index (χ4n) is 4.73. The van der Waals surface area contributed by atoms with E-state index in [4.69, 9.17) is 16.7 Å². The molecule has 4 heterocycles. The summed E-state index contributed by atoms with van der Waals surface area (Å²) in [5.74, 6) is 1.36. The van der Waals surface area contributed by atoms with Crippen molar-refractivity contribution in [3.8, 4) is 0 Å². The summed E-state index contributed by atoms with van der Waals surface area (Å²) in [4.78, 5) is 25.4. The lowest BCUT2D eigenvalue weighted by atomic mass is 10.1. The van der Waals surface area contributed by atoms with Crippen LogP contribution in [-0.2, 0) is 11.2 Å². The molecular weight excluding hydrogens is 452 g/mol. The van der Waals surface area contributed by atoms with E-state index >= 15 is 0 Å². The second kappa shape index (κ2) is 11.8. The zero-order valence-electron chi connectivity index (χ0n) is 20.4. The molecule has 2 fully saturated rings. The third-order valence-corrected chi connectivity index (χ3v) is 7.11. The van der Waals surface area contributed by atoms with Gasteiger partial charge in [-0.2, -0.15) is 10.1 Å². The summed E-state index contributed by atoms with van der Waals surface area (Å²) >= 11 is 6.34. The van der Waals surface area contributed by atoms with Crippen molar-refractivity contribution >= 4 is 35.0 Å². The van der Waals surface area contributed by atoms with Crippen molar-refractivity contribution in [3.63, 3.8) is 0 Å². The number of anilines is 3. The largest absolute Gasteiger partial charge is 0.369 e. The summed E-state index contributed by atoms with van der Waals surface area (Å²) in [7, 11) is 0. The summed E-state index contributed by atoms with van der Waals surface area (Å²) in [6, 6.07) is 0.429. The van der Waals surface area contributed by atoms with E-state index in [0.29, 0.717) is 35.8 Å². The Balaban J connectivity index is 1.35. The molecule has 0 unspecified atom stereocenters. The SMILES string of the molecule is CCc1nn(C2CCN(CC)CC2)cc1Nc1ncc(Cl)c(NCCCN2CCCCC2=O)n1. The van der Waals surface area contributed by atoms with Crippen molar-refractivity contribution in [3.05, 3.63) is 23.1 Å². The van der Waals surface area contributed by atoms with Crippen molar-refractivity contribution in [1.29, 1.82) is 0 Å². The van der Waals surface area contributed by atoms with Crippen molar-refractivity contribution in [2.45, 2.75) is 64.8 Å². The maximum absolute atomic E-state index is 12.0. The molecule has 0 spiro atoms. The zero-order chi connectivity index (χ0) is 23.9. The number of nitrogens with one attached hydrogen (secondary N) is 2. The van der Waals surface area contributed by atoms with Crippen LogP contribution in [-0.4, -0.2) is 74.7 Å². The Bertz CT molecular complexity index is 956. The molecule has 2 aromatic rings. The van der Waals surface area contributed by atoms with E-state index in [9.17, 15) is 4.79 Å². The van der Waals surface area contributed by atoms with Gasteiger partial charge in [-0.15, -0.1) is 0 Å². The summed E-state index contributed by atoms with van der Waals surface area (Å²) in [6.07, 6.45) is 10.4. The number of rotatable bonds is 10. The van der Waals surface area contributed by atoms with Gasteiger partial charge in [-0.25, -0.2) is 4.98 Å². The van der Waals surface area contributed by atoms with Gasteiger partial charge in [0, 0.05) is 45.3 Å². The van der Waals surface area contributed by atoms with Gasteiger partial charge in [0.25, 0.3) is 0 Å². The van der Waals surface area contributed by atoms with E-state index in [1.165, 1.54) is 0 Å². The average molecular weight is 489 g/mol. The zero-order valence-corrected chi connectivity index (χ0v) is 21.1. The van der Waals surface area contributed by atoms with Crippen molar-refractivity contribution < 1.29 is 4.79 Å². The molecule has 4 rings (SSSR count). The van der Waals surface area contributed by atoms with E-state index in [1.54, 1.807) is 6.20 Å². The van der Waals surface area contributed by atoms with Gasteiger partial charge in [0.05, 0.1) is 23.6 Å². The van der Waals surface area contributed by atoms with Gasteiger partial charge in [0.15, 0.2) is 0 Å². The second-order valence-corrected chi connectivity index (χ2v) is 9.53. The van der Waals surface area contributed by atoms with Crippen LogP contribution in [0.25, 0.3) is 0 Å². The van der Waals surface area contributed by atoms with Crippen LogP contribution >= 0.6 is 11.6 Å². The first-order valence-corrected chi connectivity index (χ1v) is 13.1. The van der Waals surface area contributed by atoms with Gasteiger partial charge in [0.1, 0.15) is 10.8 Å². The molecular formula is C24H37ClN8O. The maximum atomic E-state index is 12.0. The number of carbonyl (C=O) groups excluding carboxylic acids is 1. The molecule has 0 saturated carbocycles. The quantitative estimate of drug-likeness (QED) is 0.486. The second-order valence-electron chi connectivity index (χ2n) is 9.12. The number of halogens is 1. The topological polar surface area (TPSA) is 91.2 Å². The van der Waals surface area contributed by atoms with E-state index in [2.05, 4.69) is 50.2 Å². The third kappa shape index (κ3) is 6.18. The van der Waals surface area contributed by atoms with E-state index in [1.807, 2.05) is 4.90 Å². The third-order valence-electron chi connectivity index (χ3n) is 6.83. The van der Waals surface area contributed by atoms with Crippen molar-refractivity contribution in [1.82, 2.24) is 29.5 Å². The number of hydrogen-bond donors (Lipinski definition) is 2. The Morgan fingerprint density at radius 2 is 2.00 bits per heavy atom. The molecule has 2 aromatic heterocycles. The lowest BCUT2D eigenvalue weighted by Crippen LogP contribution is -2.36. The Hall–Kier alpha value is -2.39. The lowest BCUT2D eigenvalue weighted by Gasteiger charge is -2.31. The highest BCUT2D eigenvalue weighted by molar-refractivity contribution is 6.32. The molecule has 9 nitrogen and oxygen atoms in total. The minimum absolute atomic E-state index is 0.265. The van der Waals surface area contributed by atoms with Crippen LogP contribution in [0.2, 0.25) is 5.02 Å². The predicted molar refractivity (Wildman–Crippen MR) is 136 cm³/mol. The smallest absolute Gasteiger partial charge is 0.229 e. The van der Waals surface area contributed by atoms with Gasteiger partial charge in [-0.3, -0.25) is 9.48 Å². The molecule has 186 valence electrons. The van der Waals surface area contributed by atoms with Crippen LogP contribution in [0.15, 0.2) is 12.4 Å². The Kier molecular flexibility index (Phi) is 8.61. The van der Waals surface area contributed by atoms with E-state index in [0.717, 1.165) is 82.6 Å². The minimum Gasteiger partial charge on any atom is -0.369 e. The number of carbonyl (C=O) groups is 1. The van der Waals surface area contributed by atoms with Crippen molar-refractivity contribution in [2.75, 3.05) is 49.9 Å². The lowest BCUT2D eigenvalue weighted by molar-refractivity contribution is -0.133. The molecule has 0 aliphatic carbocycles. The van der Waals surface area contributed by atoms with E-state index in [-0.39, 0.29) is 5.91 Å². The molecule has 0 atom stereocenters. The fourth-order valence-corrected chi connectivity index (χ4v) is 4.89. The molecule has 2 N–H and O–H groups in total. The highest BCUT2D eigenvalue weighted by Gasteiger charge is 2.22. The number of aryl methyl sites for hydroxylation is 1. The highest BCUT2D eigenvalue weighted by atomic mass is 35.5. The average Bonchev–Trinajstić information content (AvgIpc) is 3.27. The summed E-state index contributed by atoms with van der Waals surface area (Å²) in [6.45, 7) is 9.99. The molecule has 2 aliphatic heterocycles. The number of amides is 1.